The molecule has 2 aromatic carbocycles. The number of aromatic nitrogens is 3. The number of sulfonamides is 1. The van der Waals surface area contributed by atoms with Gasteiger partial charge in [0.15, 0.2) is 5.82 Å². The Morgan fingerprint density at radius 2 is 1.79 bits per heavy atom. The molecule has 4 aromatic rings. The highest BCUT2D eigenvalue weighted by Gasteiger charge is 2.24. The Hall–Kier alpha value is -3.43. The molecular formula is C24H22ClFN4O3S. The van der Waals surface area contributed by atoms with E-state index in [0.29, 0.717) is 16.9 Å². The Morgan fingerprint density at radius 1 is 1.06 bits per heavy atom. The fraction of sp³-hybridized carbons (Fsp3) is 0.167. The van der Waals surface area contributed by atoms with Crippen LogP contribution in [0, 0.1) is 12.7 Å². The standard InChI is InChI=1S/C24H22ClFN4O3S/c1-3-29(17-8-5-4-6-9-17)34(32,33)18-12-13-23(27-15-18)30-24(31)19(16(2)28-30)14-20-21(25)10-7-11-22(20)26/h4-13,15,28H,3,14H2,1-2H3. The Bertz CT molecular complexity index is 1460. The molecule has 0 fully saturated rings. The van der Waals surface area contributed by atoms with Crippen LogP contribution in [0.1, 0.15) is 23.7 Å². The molecule has 7 nitrogen and oxygen atoms in total. The first-order valence-electron chi connectivity index (χ1n) is 10.5. The van der Waals surface area contributed by atoms with Gasteiger partial charge >= 0.3 is 0 Å². The molecule has 0 spiro atoms. The lowest BCUT2D eigenvalue weighted by Gasteiger charge is -2.22. The number of hydrogen-bond donors (Lipinski definition) is 1. The summed E-state index contributed by atoms with van der Waals surface area (Å²) < 4.78 is 43.0. The number of para-hydroxylation sites is 1. The maximum absolute atomic E-state index is 14.2. The molecule has 10 heteroatoms. The Labute approximate surface area is 201 Å². The summed E-state index contributed by atoms with van der Waals surface area (Å²) in [6.07, 6.45) is 1.22. The van der Waals surface area contributed by atoms with Gasteiger partial charge in [-0.3, -0.25) is 14.2 Å². The smallest absolute Gasteiger partial charge is 0.276 e. The van der Waals surface area contributed by atoms with Crippen molar-refractivity contribution in [1.82, 2.24) is 14.8 Å². The second-order valence-corrected chi connectivity index (χ2v) is 9.86. The van der Waals surface area contributed by atoms with E-state index in [4.69, 9.17) is 11.6 Å². The van der Waals surface area contributed by atoms with Crippen molar-refractivity contribution in [1.29, 1.82) is 0 Å². The Kier molecular flexibility index (Phi) is 6.58. The topological polar surface area (TPSA) is 88.1 Å². The minimum atomic E-state index is -3.85. The molecule has 0 radical (unpaired) electrons. The quantitative estimate of drug-likeness (QED) is 0.405. The van der Waals surface area contributed by atoms with Crippen molar-refractivity contribution in [3.05, 3.63) is 105 Å². The van der Waals surface area contributed by atoms with Crippen molar-refractivity contribution in [2.75, 3.05) is 10.8 Å². The van der Waals surface area contributed by atoms with Crippen LogP contribution in [0.2, 0.25) is 5.02 Å². The number of aryl methyl sites for hydroxylation is 1. The molecule has 0 bridgehead atoms. The first kappa shape index (κ1) is 23.7. The third-order valence-electron chi connectivity index (χ3n) is 5.48. The predicted molar refractivity (Wildman–Crippen MR) is 130 cm³/mol. The minimum Gasteiger partial charge on any atom is -0.294 e. The summed E-state index contributed by atoms with van der Waals surface area (Å²) in [5.74, 6) is -0.286. The molecule has 2 heterocycles. The van der Waals surface area contributed by atoms with Crippen LogP contribution in [0.15, 0.2) is 76.6 Å². The van der Waals surface area contributed by atoms with E-state index in [0.717, 1.165) is 0 Å². The SMILES string of the molecule is CCN(c1ccccc1)S(=O)(=O)c1ccc(-n2[nH]c(C)c(Cc3c(F)cccc3Cl)c2=O)nc1. The zero-order chi connectivity index (χ0) is 24.5. The number of pyridine rings is 1. The van der Waals surface area contributed by atoms with Crippen LogP contribution < -0.4 is 9.86 Å². The number of rotatable bonds is 7. The van der Waals surface area contributed by atoms with Crippen LogP contribution in [-0.4, -0.2) is 29.7 Å². The zero-order valence-electron chi connectivity index (χ0n) is 18.5. The summed E-state index contributed by atoms with van der Waals surface area (Å²) in [7, 11) is -3.85. The number of nitrogens with one attached hydrogen (secondary N) is 1. The number of nitrogens with zero attached hydrogens (tertiary/aromatic N) is 3. The van der Waals surface area contributed by atoms with Gasteiger partial charge in [-0.05, 0) is 50.2 Å². The lowest BCUT2D eigenvalue weighted by Crippen LogP contribution is -2.31. The average molecular weight is 501 g/mol. The average Bonchev–Trinajstić information content (AvgIpc) is 3.10. The number of H-pyrrole nitrogens is 1. The molecule has 0 amide bonds. The van der Waals surface area contributed by atoms with Crippen molar-refractivity contribution in [3.8, 4) is 5.82 Å². The fourth-order valence-electron chi connectivity index (χ4n) is 3.70. The van der Waals surface area contributed by atoms with Crippen molar-refractivity contribution < 1.29 is 12.8 Å². The van der Waals surface area contributed by atoms with E-state index in [-0.39, 0.29) is 34.3 Å². The monoisotopic (exact) mass is 500 g/mol. The summed E-state index contributed by atoms with van der Waals surface area (Å²) in [5.41, 5.74) is 1.22. The summed E-state index contributed by atoms with van der Waals surface area (Å²) in [6.45, 7) is 3.68. The highest BCUT2D eigenvalue weighted by atomic mass is 35.5. The lowest BCUT2D eigenvalue weighted by molar-refractivity contribution is 0.591. The van der Waals surface area contributed by atoms with Crippen LogP contribution in [0.3, 0.4) is 0 Å². The maximum Gasteiger partial charge on any atom is 0.276 e. The number of anilines is 1. The van der Waals surface area contributed by atoms with Crippen LogP contribution in [0.5, 0.6) is 0 Å². The largest absolute Gasteiger partial charge is 0.294 e. The number of benzene rings is 2. The third kappa shape index (κ3) is 4.36. The zero-order valence-corrected chi connectivity index (χ0v) is 20.1. The molecule has 2 aromatic heterocycles. The van der Waals surface area contributed by atoms with E-state index in [2.05, 4.69) is 10.1 Å². The summed E-state index contributed by atoms with van der Waals surface area (Å²) in [5, 5.41) is 3.16. The van der Waals surface area contributed by atoms with Gasteiger partial charge in [-0.1, -0.05) is 35.9 Å². The normalized spacial score (nSPS) is 11.5. The third-order valence-corrected chi connectivity index (χ3v) is 7.72. The first-order valence-corrected chi connectivity index (χ1v) is 12.3. The van der Waals surface area contributed by atoms with Gasteiger partial charge in [-0.2, -0.15) is 0 Å². The van der Waals surface area contributed by atoms with Crippen LogP contribution >= 0.6 is 11.6 Å². The van der Waals surface area contributed by atoms with Gasteiger partial charge in [-0.15, -0.1) is 0 Å². The van der Waals surface area contributed by atoms with Crippen LogP contribution in [0.4, 0.5) is 10.1 Å². The Morgan fingerprint density at radius 3 is 2.41 bits per heavy atom. The predicted octanol–water partition coefficient (Wildman–Crippen LogP) is 4.47. The van der Waals surface area contributed by atoms with Gasteiger partial charge < -0.3 is 0 Å². The maximum atomic E-state index is 14.2. The molecular weight excluding hydrogens is 479 g/mol. The van der Waals surface area contributed by atoms with Gasteiger partial charge in [0.05, 0.1) is 5.69 Å². The minimum absolute atomic E-state index is 0.00311. The van der Waals surface area contributed by atoms with Gasteiger partial charge in [0.25, 0.3) is 15.6 Å². The molecule has 0 aliphatic heterocycles. The number of halogens is 2. The van der Waals surface area contributed by atoms with Crippen molar-refractivity contribution >= 4 is 27.3 Å². The van der Waals surface area contributed by atoms with Gasteiger partial charge in [0, 0.05) is 41.0 Å². The van der Waals surface area contributed by atoms with Crippen LogP contribution in [0.25, 0.3) is 5.82 Å². The van der Waals surface area contributed by atoms with E-state index in [1.54, 1.807) is 44.2 Å². The highest BCUT2D eigenvalue weighted by molar-refractivity contribution is 7.92. The summed E-state index contributed by atoms with van der Waals surface area (Å²) >= 11 is 6.12. The molecule has 0 aliphatic rings. The van der Waals surface area contributed by atoms with Crippen LogP contribution in [-0.2, 0) is 16.4 Å². The number of hydrogen-bond acceptors (Lipinski definition) is 4. The molecule has 0 saturated heterocycles. The molecule has 34 heavy (non-hydrogen) atoms. The fourth-order valence-corrected chi connectivity index (χ4v) is 5.35. The lowest BCUT2D eigenvalue weighted by atomic mass is 10.1. The van der Waals surface area contributed by atoms with Crippen molar-refractivity contribution in [3.63, 3.8) is 0 Å². The molecule has 0 unspecified atom stereocenters. The molecule has 176 valence electrons. The van der Waals surface area contributed by atoms with Gasteiger partial charge in [0.2, 0.25) is 0 Å². The molecule has 4 rings (SSSR count). The van der Waals surface area contributed by atoms with E-state index < -0.39 is 21.4 Å². The van der Waals surface area contributed by atoms with Gasteiger partial charge in [-0.25, -0.2) is 22.5 Å². The molecule has 0 atom stereocenters. The molecule has 0 saturated carbocycles. The Balaban J connectivity index is 1.66. The summed E-state index contributed by atoms with van der Waals surface area (Å²) in [6, 6.07) is 16.0. The first-order chi connectivity index (χ1) is 16.2. The van der Waals surface area contributed by atoms with Crippen molar-refractivity contribution in [2.45, 2.75) is 25.2 Å². The second kappa shape index (κ2) is 9.44. The molecule has 1 N–H and O–H groups in total. The van der Waals surface area contributed by atoms with E-state index in [1.165, 1.54) is 39.4 Å². The molecule has 0 aliphatic carbocycles. The van der Waals surface area contributed by atoms with E-state index >= 15 is 0 Å². The van der Waals surface area contributed by atoms with Gasteiger partial charge in [0.1, 0.15) is 10.7 Å². The van der Waals surface area contributed by atoms with Crippen molar-refractivity contribution in [2.24, 2.45) is 0 Å². The van der Waals surface area contributed by atoms with E-state index in [1.807, 2.05) is 6.07 Å². The summed E-state index contributed by atoms with van der Waals surface area (Å²) in [4.78, 5) is 17.2. The van der Waals surface area contributed by atoms with E-state index in [9.17, 15) is 17.6 Å². The highest BCUT2D eigenvalue weighted by Crippen LogP contribution is 2.24. The number of aromatic amines is 1. The second-order valence-electron chi connectivity index (χ2n) is 7.59.